The highest BCUT2D eigenvalue weighted by Crippen LogP contribution is 2.30. The van der Waals surface area contributed by atoms with Gasteiger partial charge in [0, 0.05) is 10.3 Å². The Hall–Kier alpha value is -2.40. The molecule has 0 aliphatic heterocycles. The maximum atomic E-state index is 12.4. The van der Waals surface area contributed by atoms with Gasteiger partial charge in [0.15, 0.2) is 17.1 Å². The van der Waals surface area contributed by atoms with E-state index in [1.165, 1.54) is 0 Å². The highest BCUT2D eigenvalue weighted by molar-refractivity contribution is 7.98. The normalized spacial score (nSPS) is 10.6. The lowest BCUT2D eigenvalue weighted by atomic mass is 10.2. The van der Waals surface area contributed by atoms with Crippen LogP contribution in [0, 0.1) is 0 Å². The highest BCUT2D eigenvalue weighted by Gasteiger charge is 2.15. The van der Waals surface area contributed by atoms with Crippen molar-refractivity contribution in [1.29, 1.82) is 0 Å². The third-order valence-corrected chi connectivity index (χ3v) is 4.10. The van der Waals surface area contributed by atoms with E-state index in [4.69, 9.17) is 9.15 Å². The fourth-order valence-electron chi connectivity index (χ4n) is 2.24. The van der Waals surface area contributed by atoms with Crippen LogP contribution in [0.2, 0.25) is 0 Å². The van der Waals surface area contributed by atoms with E-state index >= 15 is 0 Å². The summed E-state index contributed by atoms with van der Waals surface area (Å²) in [4.78, 5) is 13.4. The molecule has 5 heteroatoms. The van der Waals surface area contributed by atoms with Crippen molar-refractivity contribution in [3.63, 3.8) is 0 Å². The molecule has 4 nitrogen and oxygen atoms in total. The lowest BCUT2D eigenvalue weighted by Gasteiger charge is -2.07. The second-order valence-corrected chi connectivity index (χ2v) is 5.49. The molecule has 0 radical (unpaired) electrons. The smallest absolute Gasteiger partial charge is 0.291 e. The molecule has 0 spiro atoms. The number of carbonyl (C=O) groups excluding carboxylic acids is 1. The van der Waals surface area contributed by atoms with Crippen molar-refractivity contribution in [1.82, 2.24) is 0 Å². The van der Waals surface area contributed by atoms with Crippen LogP contribution in [0.25, 0.3) is 11.0 Å². The number of fused-ring (bicyclic) bond motifs is 1. The first-order valence-electron chi connectivity index (χ1n) is 6.74. The molecule has 1 amide bonds. The van der Waals surface area contributed by atoms with Gasteiger partial charge in [-0.05, 0) is 30.5 Å². The molecule has 22 heavy (non-hydrogen) atoms. The standard InChI is InChI=1S/C17H15NO3S/c1-20-13-8-5-6-11-10-14(21-16(11)13)17(19)18-12-7-3-4-9-15(12)22-2/h3-10H,1-2H3,(H,18,19). The third-order valence-electron chi connectivity index (χ3n) is 3.31. The zero-order valence-corrected chi connectivity index (χ0v) is 13.1. The van der Waals surface area contributed by atoms with E-state index in [1.807, 2.05) is 42.7 Å². The Bertz CT molecular complexity index is 826. The van der Waals surface area contributed by atoms with Crippen LogP contribution in [0.3, 0.4) is 0 Å². The number of methoxy groups -OCH3 is 1. The minimum absolute atomic E-state index is 0.260. The van der Waals surface area contributed by atoms with Crippen molar-refractivity contribution in [2.24, 2.45) is 0 Å². The van der Waals surface area contributed by atoms with E-state index in [0.717, 1.165) is 16.0 Å². The largest absolute Gasteiger partial charge is 0.493 e. The van der Waals surface area contributed by atoms with E-state index in [9.17, 15) is 4.79 Å². The fourth-order valence-corrected chi connectivity index (χ4v) is 2.79. The van der Waals surface area contributed by atoms with E-state index in [0.29, 0.717) is 11.3 Å². The summed E-state index contributed by atoms with van der Waals surface area (Å²) in [5.74, 6) is 0.594. The van der Waals surface area contributed by atoms with Crippen LogP contribution in [0.1, 0.15) is 10.6 Å². The van der Waals surface area contributed by atoms with Crippen LogP contribution in [0.5, 0.6) is 5.75 Å². The number of carbonyl (C=O) groups is 1. The number of hydrogen-bond acceptors (Lipinski definition) is 4. The Balaban J connectivity index is 1.92. The van der Waals surface area contributed by atoms with Crippen LogP contribution in [0.4, 0.5) is 5.69 Å². The molecule has 0 atom stereocenters. The van der Waals surface area contributed by atoms with E-state index in [1.54, 1.807) is 31.0 Å². The summed E-state index contributed by atoms with van der Waals surface area (Å²) >= 11 is 1.58. The number of benzene rings is 2. The summed E-state index contributed by atoms with van der Waals surface area (Å²) < 4.78 is 10.9. The number of ether oxygens (including phenoxy) is 1. The minimum atomic E-state index is -0.278. The first-order chi connectivity index (χ1) is 10.7. The Kier molecular flexibility index (Phi) is 4.06. The topological polar surface area (TPSA) is 51.5 Å². The van der Waals surface area contributed by atoms with Gasteiger partial charge in [-0.25, -0.2) is 0 Å². The molecule has 0 aliphatic rings. The Morgan fingerprint density at radius 1 is 1.18 bits per heavy atom. The number of furan rings is 1. The van der Waals surface area contributed by atoms with Gasteiger partial charge < -0.3 is 14.5 Å². The molecule has 3 aromatic rings. The molecule has 0 saturated heterocycles. The van der Waals surface area contributed by atoms with Gasteiger partial charge in [-0.1, -0.05) is 24.3 Å². The molecule has 0 aliphatic carbocycles. The molecular weight excluding hydrogens is 298 g/mol. The van der Waals surface area contributed by atoms with Crippen molar-refractivity contribution in [2.45, 2.75) is 4.90 Å². The monoisotopic (exact) mass is 313 g/mol. The number of hydrogen-bond donors (Lipinski definition) is 1. The van der Waals surface area contributed by atoms with Gasteiger partial charge in [0.05, 0.1) is 12.8 Å². The lowest BCUT2D eigenvalue weighted by Crippen LogP contribution is -2.11. The number of anilines is 1. The first kappa shape index (κ1) is 14.5. The second-order valence-electron chi connectivity index (χ2n) is 4.64. The zero-order chi connectivity index (χ0) is 15.5. The second kappa shape index (κ2) is 6.15. The molecule has 0 bridgehead atoms. The number of nitrogens with one attached hydrogen (secondary N) is 1. The summed E-state index contributed by atoms with van der Waals surface area (Å²) in [5, 5.41) is 3.72. The number of thioether (sulfide) groups is 1. The summed E-state index contributed by atoms with van der Waals surface area (Å²) in [6.45, 7) is 0. The zero-order valence-electron chi connectivity index (χ0n) is 12.3. The van der Waals surface area contributed by atoms with E-state index in [-0.39, 0.29) is 11.7 Å². The quantitative estimate of drug-likeness (QED) is 0.725. The van der Waals surface area contributed by atoms with Gasteiger partial charge >= 0.3 is 0 Å². The molecule has 112 valence electrons. The molecule has 2 aromatic carbocycles. The minimum Gasteiger partial charge on any atom is -0.493 e. The van der Waals surface area contributed by atoms with Crippen LogP contribution in [-0.2, 0) is 0 Å². The van der Waals surface area contributed by atoms with E-state index in [2.05, 4.69) is 5.32 Å². The average Bonchev–Trinajstić information content (AvgIpc) is 2.99. The SMILES string of the molecule is COc1cccc2cc(C(=O)Nc3ccccc3SC)oc12. The van der Waals surface area contributed by atoms with Gasteiger partial charge in [-0.2, -0.15) is 0 Å². The predicted molar refractivity (Wildman–Crippen MR) is 88.9 cm³/mol. The Morgan fingerprint density at radius 2 is 2.00 bits per heavy atom. The first-order valence-corrected chi connectivity index (χ1v) is 7.96. The summed E-state index contributed by atoms with van der Waals surface area (Å²) in [6.07, 6.45) is 1.97. The van der Waals surface area contributed by atoms with Crippen molar-refractivity contribution in [2.75, 3.05) is 18.7 Å². The summed E-state index contributed by atoms with van der Waals surface area (Å²) in [5.41, 5.74) is 1.35. The van der Waals surface area contributed by atoms with Gasteiger partial charge in [-0.15, -0.1) is 11.8 Å². The van der Waals surface area contributed by atoms with Gasteiger partial charge in [0.2, 0.25) is 0 Å². The van der Waals surface area contributed by atoms with E-state index < -0.39 is 0 Å². The third kappa shape index (κ3) is 2.67. The number of para-hydroxylation sites is 2. The summed E-state index contributed by atoms with van der Waals surface area (Å²) in [7, 11) is 1.58. The van der Waals surface area contributed by atoms with Gasteiger partial charge in [0.1, 0.15) is 0 Å². The number of rotatable bonds is 4. The average molecular weight is 313 g/mol. The Morgan fingerprint density at radius 3 is 2.77 bits per heavy atom. The van der Waals surface area contributed by atoms with Crippen molar-refractivity contribution in [3.05, 3.63) is 54.3 Å². The van der Waals surface area contributed by atoms with Gasteiger partial charge in [-0.3, -0.25) is 4.79 Å². The Labute approximate surface area is 132 Å². The van der Waals surface area contributed by atoms with Gasteiger partial charge in [0.25, 0.3) is 5.91 Å². The van der Waals surface area contributed by atoms with Crippen LogP contribution >= 0.6 is 11.8 Å². The maximum Gasteiger partial charge on any atom is 0.291 e. The molecule has 1 heterocycles. The fraction of sp³-hybridized carbons (Fsp3) is 0.118. The molecule has 3 rings (SSSR count). The van der Waals surface area contributed by atoms with Crippen LogP contribution in [0.15, 0.2) is 57.8 Å². The molecule has 1 aromatic heterocycles. The van der Waals surface area contributed by atoms with Crippen LogP contribution < -0.4 is 10.1 Å². The summed E-state index contributed by atoms with van der Waals surface area (Å²) in [6, 6.07) is 14.9. The lowest BCUT2D eigenvalue weighted by molar-refractivity contribution is 0.0998. The molecule has 1 N–H and O–H groups in total. The van der Waals surface area contributed by atoms with Crippen molar-refractivity contribution >= 4 is 34.3 Å². The maximum absolute atomic E-state index is 12.4. The van der Waals surface area contributed by atoms with Crippen molar-refractivity contribution < 1.29 is 13.9 Å². The van der Waals surface area contributed by atoms with Crippen LogP contribution in [-0.4, -0.2) is 19.3 Å². The number of amides is 1. The predicted octanol–water partition coefficient (Wildman–Crippen LogP) is 4.42. The van der Waals surface area contributed by atoms with Crippen molar-refractivity contribution in [3.8, 4) is 5.75 Å². The molecular formula is C17H15NO3S. The molecule has 0 unspecified atom stereocenters. The molecule has 0 saturated carbocycles. The molecule has 0 fully saturated rings. The highest BCUT2D eigenvalue weighted by atomic mass is 32.2.